The molecular weight excluding hydrogens is 228 g/mol. The summed E-state index contributed by atoms with van der Waals surface area (Å²) in [5, 5.41) is 0. The molecule has 0 N–H and O–H groups in total. The first-order valence-corrected chi connectivity index (χ1v) is 6.56. The zero-order valence-electron chi connectivity index (χ0n) is 10.7. The van der Waals surface area contributed by atoms with Crippen LogP contribution in [0.2, 0.25) is 0 Å². The molecule has 0 heteroatoms. The lowest BCUT2D eigenvalue weighted by Gasteiger charge is -2.30. The molecule has 0 saturated carbocycles. The second-order valence-electron chi connectivity index (χ2n) is 5.08. The van der Waals surface area contributed by atoms with E-state index in [0.717, 1.165) is 19.3 Å². The average molecular weight is 250 g/mol. The van der Waals surface area contributed by atoms with Crippen molar-refractivity contribution in [2.45, 2.75) is 32.1 Å². The van der Waals surface area contributed by atoms with Crippen molar-refractivity contribution in [3.63, 3.8) is 0 Å². The molecule has 0 aromatic heterocycles. The number of fused-ring (bicyclic) bond motifs is 3. The molecule has 0 spiro atoms. The van der Waals surface area contributed by atoms with Gasteiger partial charge in [0.25, 0.3) is 0 Å². The van der Waals surface area contributed by atoms with Crippen LogP contribution in [0.15, 0.2) is 67.3 Å². The highest BCUT2D eigenvalue weighted by molar-refractivity contribution is 5.92. The van der Waals surface area contributed by atoms with Crippen molar-refractivity contribution in [2.24, 2.45) is 0 Å². The van der Waals surface area contributed by atoms with E-state index in [1.54, 1.807) is 0 Å². The van der Waals surface area contributed by atoms with E-state index in [0.29, 0.717) is 0 Å². The van der Waals surface area contributed by atoms with Crippen molar-refractivity contribution < 1.29 is 0 Å². The lowest BCUT2D eigenvalue weighted by atomic mass is 9.73. The van der Waals surface area contributed by atoms with Crippen molar-refractivity contribution in [1.82, 2.24) is 0 Å². The van der Waals surface area contributed by atoms with Crippen LogP contribution in [0, 0.1) is 0 Å². The molecule has 1 aromatic carbocycles. The molecule has 0 fully saturated rings. The number of allylic oxidation sites excluding steroid dienone is 6. The third-order valence-electron chi connectivity index (χ3n) is 4.17. The molecule has 0 nitrogen and oxygen atoms in total. The Morgan fingerprint density at radius 1 is 1.05 bits per heavy atom. The Morgan fingerprint density at radius 2 is 1.74 bits per heavy atom. The Bertz CT molecular complexity index is 559. The van der Waals surface area contributed by atoms with E-state index in [9.17, 15) is 0 Å². The van der Waals surface area contributed by atoms with Gasteiger partial charge in [-0.3, -0.25) is 0 Å². The first-order valence-electron chi connectivity index (χ1n) is 6.56. The highest BCUT2D eigenvalue weighted by atomic mass is 14.5. The van der Waals surface area contributed by atoms with Crippen molar-refractivity contribution in [2.75, 3.05) is 0 Å². The SMILES string of the molecule is C.C=CCC1(CC=C)C2=CCC=C2c2ccccc21. The van der Waals surface area contributed by atoms with Crippen LogP contribution in [0.25, 0.3) is 5.57 Å². The monoisotopic (exact) mass is 250 g/mol. The molecule has 2 aliphatic carbocycles. The van der Waals surface area contributed by atoms with E-state index in [1.165, 1.54) is 22.3 Å². The van der Waals surface area contributed by atoms with Crippen LogP contribution in [0.3, 0.4) is 0 Å². The molecule has 19 heavy (non-hydrogen) atoms. The minimum absolute atomic E-state index is 0. The molecule has 0 bridgehead atoms. The van der Waals surface area contributed by atoms with Crippen LogP contribution in [0.5, 0.6) is 0 Å². The number of hydrogen-bond acceptors (Lipinski definition) is 0. The molecule has 0 saturated heterocycles. The molecule has 2 aliphatic rings. The fourth-order valence-electron chi connectivity index (χ4n) is 3.52. The number of rotatable bonds is 4. The maximum Gasteiger partial charge on any atom is 0.0280 e. The van der Waals surface area contributed by atoms with Gasteiger partial charge in [-0.15, -0.1) is 13.2 Å². The maximum atomic E-state index is 3.96. The molecule has 98 valence electrons. The van der Waals surface area contributed by atoms with Gasteiger partial charge in [-0.1, -0.05) is 56.0 Å². The van der Waals surface area contributed by atoms with Crippen molar-refractivity contribution in [3.05, 3.63) is 78.4 Å². The predicted molar refractivity (Wildman–Crippen MR) is 85.2 cm³/mol. The Morgan fingerprint density at radius 3 is 2.42 bits per heavy atom. The van der Waals surface area contributed by atoms with E-state index < -0.39 is 0 Å². The summed E-state index contributed by atoms with van der Waals surface area (Å²) in [6.07, 6.45) is 11.8. The quantitative estimate of drug-likeness (QED) is 0.624. The van der Waals surface area contributed by atoms with Gasteiger partial charge in [-0.25, -0.2) is 0 Å². The van der Waals surface area contributed by atoms with E-state index in [4.69, 9.17) is 0 Å². The third kappa shape index (κ3) is 1.74. The van der Waals surface area contributed by atoms with Crippen LogP contribution < -0.4 is 0 Å². The summed E-state index contributed by atoms with van der Waals surface area (Å²) in [5.74, 6) is 0. The van der Waals surface area contributed by atoms with E-state index in [1.807, 2.05) is 12.2 Å². The highest BCUT2D eigenvalue weighted by Crippen LogP contribution is 2.55. The summed E-state index contributed by atoms with van der Waals surface area (Å²) >= 11 is 0. The van der Waals surface area contributed by atoms with Gasteiger partial charge in [0.1, 0.15) is 0 Å². The second-order valence-corrected chi connectivity index (χ2v) is 5.08. The summed E-state index contributed by atoms with van der Waals surface area (Å²) in [7, 11) is 0. The molecule has 0 heterocycles. The van der Waals surface area contributed by atoms with Gasteiger partial charge < -0.3 is 0 Å². The van der Waals surface area contributed by atoms with Gasteiger partial charge in [0.05, 0.1) is 0 Å². The summed E-state index contributed by atoms with van der Waals surface area (Å²) in [6, 6.07) is 8.78. The molecule has 0 amide bonds. The minimum atomic E-state index is 0. The normalized spacial score (nSPS) is 17.7. The zero-order chi connectivity index (χ0) is 12.6. The first-order chi connectivity index (χ1) is 8.83. The zero-order valence-corrected chi connectivity index (χ0v) is 10.7. The van der Waals surface area contributed by atoms with Crippen LogP contribution in [0.1, 0.15) is 37.8 Å². The first kappa shape index (κ1) is 13.6. The number of hydrogen-bond donors (Lipinski definition) is 0. The van der Waals surface area contributed by atoms with Crippen molar-refractivity contribution >= 4 is 5.57 Å². The highest BCUT2D eigenvalue weighted by Gasteiger charge is 2.44. The molecule has 0 radical (unpaired) electrons. The maximum absolute atomic E-state index is 3.96. The van der Waals surface area contributed by atoms with Gasteiger partial charge >= 0.3 is 0 Å². The Hall–Kier alpha value is -1.82. The fraction of sp³-hybridized carbons (Fsp3) is 0.263. The average Bonchev–Trinajstić information content (AvgIpc) is 2.95. The Balaban J connectivity index is 0.00000133. The number of benzene rings is 1. The Labute approximate surface area is 116 Å². The molecule has 1 aromatic rings. The molecule has 0 unspecified atom stereocenters. The van der Waals surface area contributed by atoms with Crippen LogP contribution >= 0.6 is 0 Å². The fourth-order valence-corrected chi connectivity index (χ4v) is 3.52. The molecular formula is C19H22. The van der Waals surface area contributed by atoms with E-state index in [-0.39, 0.29) is 12.8 Å². The van der Waals surface area contributed by atoms with Crippen LogP contribution in [-0.4, -0.2) is 0 Å². The standard InChI is InChI=1S/C18H18.CH4/c1-3-12-18(13-4-2)16-10-6-5-8-14(16)15-9-7-11-17(15)18;/h3-6,8-11H,1-2,7,12-13H2;1H4. The summed E-state index contributed by atoms with van der Waals surface area (Å²) in [6.45, 7) is 7.92. The largest absolute Gasteiger partial charge is 0.103 e. The minimum Gasteiger partial charge on any atom is -0.103 e. The van der Waals surface area contributed by atoms with Gasteiger partial charge in [0.2, 0.25) is 0 Å². The summed E-state index contributed by atoms with van der Waals surface area (Å²) < 4.78 is 0. The van der Waals surface area contributed by atoms with Crippen LogP contribution in [-0.2, 0) is 5.41 Å². The lowest BCUT2D eigenvalue weighted by Crippen LogP contribution is -2.23. The second kappa shape index (κ2) is 5.05. The summed E-state index contributed by atoms with van der Waals surface area (Å²) in [4.78, 5) is 0. The third-order valence-corrected chi connectivity index (χ3v) is 4.17. The molecule has 0 atom stereocenters. The van der Waals surface area contributed by atoms with E-state index in [2.05, 4.69) is 49.6 Å². The molecule has 3 rings (SSSR count). The van der Waals surface area contributed by atoms with Gasteiger partial charge in [0.15, 0.2) is 0 Å². The predicted octanol–water partition coefficient (Wildman–Crippen LogP) is 5.44. The van der Waals surface area contributed by atoms with Gasteiger partial charge in [0, 0.05) is 5.41 Å². The molecule has 0 aliphatic heterocycles. The van der Waals surface area contributed by atoms with Gasteiger partial charge in [-0.2, -0.15) is 0 Å². The van der Waals surface area contributed by atoms with Gasteiger partial charge in [-0.05, 0) is 41.5 Å². The van der Waals surface area contributed by atoms with Crippen LogP contribution in [0.4, 0.5) is 0 Å². The lowest BCUT2D eigenvalue weighted by molar-refractivity contribution is 0.543. The topological polar surface area (TPSA) is 0 Å². The van der Waals surface area contributed by atoms with Crippen molar-refractivity contribution in [3.8, 4) is 0 Å². The smallest absolute Gasteiger partial charge is 0.0280 e. The van der Waals surface area contributed by atoms with Crippen molar-refractivity contribution in [1.29, 1.82) is 0 Å². The summed E-state index contributed by atoms with van der Waals surface area (Å²) in [5.41, 5.74) is 5.87. The Kier molecular flexibility index (Phi) is 3.61. The van der Waals surface area contributed by atoms with E-state index >= 15 is 0 Å².